The van der Waals surface area contributed by atoms with Gasteiger partial charge in [-0.2, -0.15) is 0 Å². The molecule has 5 nitrogen and oxygen atoms in total. The first-order valence-electron chi connectivity index (χ1n) is 8.19. The van der Waals surface area contributed by atoms with E-state index < -0.39 is 21.6 Å². The van der Waals surface area contributed by atoms with E-state index in [1.54, 1.807) is 23.1 Å². The van der Waals surface area contributed by atoms with Gasteiger partial charge in [0, 0.05) is 5.54 Å². The van der Waals surface area contributed by atoms with Crippen LogP contribution in [-0.2, 0) is 10.0 Å². The number of sulfonamides is 1. The molecule has 1 heterocycles. The minimum atomic E-state index is -3.88. The van der Waals surface area contributed by atoms with Gasteiger partial charge in [0.05, 0.1) is 17.5 Å². The number of rotatable bonds is 3. The van der Waals surface area contributed by atoms with Crippen molar-refractivity contribution < 1.29 is 13.2 Å². The van der Waals surface area contributed by atoms with E-state index in [4.69, 9.17) is 0 Å². The van der Waals surface area contributed by atoms with Crippen molar-refractivity contribution >= 4 is 16.1 Å². The minimum Gasteiger partial charge on any atom is -0.310 e. The van der Waals surface area contributed by atoms with E-state index in [1.807, 2.05) is 51.1 Å². The SMILES string of the molecule is CC(C)(C)N1C(=O)N(S(=O)(=O)c2ccccc2)CC1c1ccccc1. The van der Waals surface area contributed by atoms with Crippen molar-refractivity contribution in [1.82, 2.24) is 9.21 Å². The number of nitrogens with zero attached hydrogens (tertiary/aromatic N) is 2. The van der Waals surface area contributed by atoms with Gasteiger partial charge in [-0.15, -0.1) is 0 Å². The van der Waals surface area contributed by atoms with Gasteiger partial charge in [0.1, 0.15) is 0 Å². The van der Waals surface area contributed by atoms with Gasteiger partial charge in [-0.25, -0.2) is 17.5 Å². The zero-order valence-corrected chi connectivity index (χ0v) is 15.4. The lowest BCUT2D eigenvalue weighted by Gasteiger charge is -2.36. The summed E-state index contributed by atoms with van der Waals surface area (Å²) in [6.07, 6.45) is 0. The van der Waals surface area contributed by atoms with Crippen molar-refractivity contribution in [3.8, 4) is 0 Å². The molecule has 1 fully saturated rings. The maximum absolute atomic E-state index is 13.0. The molecule has 0 radical (unpaired) electrons. The van der Waals surface area contributed by atoms with E-state index in [0.717, 1.165) is 9.87 Å². The number of hydrogen-bond acceptors (Lipinski definition) is 3. The highest BCUT2D eigenvalue weighted by Crippen LogP contribution is 2.38. The second kappa shape index (κ2) is 6.19. The summed E-state index contributed by atoms with van der Waals surface area (Å²) in [5, 5.41) is 0. The molecule has 1 atom stereocenters. The Morgan fingerprint density at radius 1 is 0.920 bits per heavy atom. The van der Waals surface area contributed by atoms with Crippen LogP contribution in [0.5, 0.6) is 0 Å². The average molecular weight is 358 g/mol. The van der Waals surface area contributed by atoms with E-state index >= 15 is 0 Å². The molecule has 1 saturated heterocycles. The highest BCUT2D eigenvalue weighted by atomic mass is 32.2. The van der Waals surface area contributed by atoms with Crippen LogP contribution in [0.15, 0.2) is 65.6 Å². The van der Waals surface area contributed by atoms with E-state index in [2.05, 4.69) is 0 Å². The van der Waals surface area contributed by atoms with Gasteiger partial charge in [0.15, 0.2) is 0 Å². The van der Waals surface area contributed by atoms with Crippen molar-refractivity contribution in [2.75, 3.05) is 6.54 Å². The largest absolute Gasteiger partial charge is 0.335 e. The number of urea groups is 1. The summed E-state index contributed by atoms with van der Waals surface area (Å²) in [6, 6.07) is 16.8. The molecule has 2 aromatic rings. The average Bonchev–Trinajstić information content (AvgIpc) is 2.95. The number of hydrogen-bond donors (Lipinski definition) is 0. The molecular weight excluding hydrogens is 336 g/mol. The summed E-state index contributed by atoms with van der Waals surface area (Å²) in [6.45, 7) is 5.86. The van der Waals surface area contributed by atoms with Crippen molar-refractivity contribution in [1.29, 1.82) is 0 Å². The second-order valence-corrected chi connectivity index (χ2v) is 8.96. The molecule has 132 valence electrons. The lowest BCUT2D eigenvalue weighted by atomic mass is 10.00. The fourth-order valence-corrected chi connectivity index (χ4v) is 4.56. The summed E-state index contributed by atoms with van der Waals surface area (Å²) < 4.78 is 26.9. The predicted octanol–water partition coefficient (Wildman–Crippen LogP) is 3.65. The van der Waals surface area contributed by atoms with E-state index in [0.29, 0.717) is 0 Å². The zero-order valence-electron chi connectivity index (χ0n) is 14.6. The van der Waals surface area contributed by atoms with Crippen LogP contribution in [0.3, 0.4) is 0 Å². The predicted molar refractivity (Wildman–Crippen MR) is 96.5 cm³/mol. The first kappa shape index (κ1) is 17.5. The van der Waals surface area contributed by atoms with Crippen molar-refractivity contribution in [3.63, 3.8) is 0 Å². The molecule has 0 bridgehead atoms. The molecule has 6 heteroatoms. The van der Waals surface area contributed by atoms with Gasteiger partial charge in [-0.1, -0.05) is 48.5 Å². The molecule has 0 spiro atoms. The van der Waals surface area contributed by atoms with Gasteiger partial charge < -0.3 is 4.90 Å². The van der Waals surface area contributed by atoms with Crippen LogP contribution in [-0.4, -0.2) is 35.7 Å². The Kier molecular flexibility index (Phi) is 4.33. The maximum Gasteiger partial charge on any atom is 0.335 e. The molecule has 0 aliphatic carbocycles. The van der Waals surface area contributed by atoms with E-state index in [-0.39, 0.29) is 17.5 Å². The van der Waals surface area contributed by atoms with Crippen LogP contribution >= 0.6 is 0 Å². The monoisotopic (exact) mass is 358 g/mol. The number of benzene rings is 2. The molecule has 25 heavy (non-hydrogen) atoms. The van der Waals surface area contributed by atoms with Gasteiger partial charge in [0.2, 0.25) is 0 Å². The maximum atomic E-state index is 13.0. The zero-order chi connectivity index (χ0) is 18.2. The minimum absolute atomic E-state index is 0.108. The first-order chi connectivity index (χ1) is 11.7. The van der Waals surface area contributed by atoms with E-state index in [9.17, 15) is 13.2 Å². The Labute approximate surface area is 148 Å². The van der Waals surface area contributed by atoms with Gasteiger partial charge in [-0.3, -0.25) is 0 Å². The van der Waals surface area contributed by atoms with Gasteiger partial charge >= 0.3 is 6.03 Å². The fraction of sp³-hybridized carbons (Fsp3) is 0.316. The standard InChI is InChI=1S/C19H22N2O3S/c1-19(2,3)21-17(15-10-6-4-7-11-15)14-20(18(21)22)25(23,24)16-12-8-5-9-13-16/h4-13,17H,14H2,1-3H3. The van der Waals surface area contributed by atoms with Crippen LogP contribution in [0.2, 0.25) is 0 Å². The van der Waals surface area contributed by atoms with Crippen LogP contribution in [0.25, 0.3) is 0 Å². The molecule has 0 N–H and O–H groups in total. The van der Waals surface area contributed by atoms with Crippen molar-refractivity contribution in [2.45, 2.75) is 37.2 Å². The fourth-order valence-electron chi connectivity index (χ4n) is 3.18. The van der Waals surface area contributed by atoms with Gasteiger partial charge in [0.25, 0.3) is 10.0 Å². The van der Waals surface area contributed by atoms with Crippen LogP contribution in [0.1, 0.15) is 32.4 Å². The Hall–Kier alpha value is -2.34. The Balaban J connectivity index is 2.05. The molecule has 2 aromatic carbocycles. The molecule has 1 unspecified atom stereocenters. The van der Waals surface area contributed by atoms with E-state index in [1.165, 1.54) is 12.1 Å². The lowest BCUT2D eigenvalue weighted by molar-refractivity contribution is 0.138. The summed E-state index contributed by atoms with van der Waals surface area (Å²) >= 11 is 0. The molecule has 0 aromatic heterocycles. The molecule has 3 rings (SSSR count). The Morgan fingerprint density at radius 2 is 1.44 bits per heavy atom. The van der Waals surface area contributed by atoms with Crippen LogP contribution in [0.4, 0.5) is 4.79 Å². The van der Waals surface area contributed by atoms with Crippen molar-refractivity contribution in [3.05, 3.63) is 66.2 Å². The third-order valence-corrected chi connectivity index (χ3v) is 6.06. The summed E-state index contributed by atoms with van der Waals surface area (Å²) in [5.74, 6) is 0. The highest BCUT2D eigenvalue weighted by molar-refractivity contribution is 7.89. The van der Waals surface area contributed by atoms with Gasteiger partial charge in [-0.05, 0) is 38.5 Å². The number of amides is 2. The first-order valence-corrected chi connectivity index (χ1v) is 9.63. The molecular formula is C19H22N2O3S. The summed E-state index contributed by atoms with van der Waals surface area (Å²) in [4.78, 5) is 14.8. The quantitative estimate of drug-likeness (QED) is 0.841. The third kappa shape index (κ3) is 3.14. The second-order valence-electron chi connectivity index (χ2n) is 7.10. The summed E-state index contributed by atoms with van der Waals surface area (Å²) in [5.41, 5.74) is 0.426. The van der Waals surface area contributed by atoms with Crippen molar-refractivity contribution in [2.24, 2.45) is 0 Å². The smallest absolute Gasteiger partial charge is 0.310 e. The van der Waals surface area contributed by atoms with Crippen LogP contribution < -0.4 is 0 Å². The number of carbonyl (C=O) groups is 1. The Bertz CT molecular complexity index is 859. The molecule has 0 saturated carbocycles. The lowest BCUT2D eigenvalue weighted by Crippen LogP contribution is -2.46. The number of carbonyl (C=O) groups excluding carboxylic acids is 1. The molecule has 1 aliphatic rings. The third-order valence-electron chi connectivity index (χ3n) is 4.31. The Morgan fingerprint density at radius 3 is 1.96 bits per heavy atom. The molecule has 1 aliphatic heterocycles. The summed E-state index contributed by atoms with van der Waals surface area (Å²) in [7, 11) is -3.88. The molecule has 2 amide bonds. The van der Waals surface area contributed by atoms with Crippen LogP contribution in [0, 0.1) is 0 Å². The highest BCUT2D eigenvalue weighted by Gasteiger charge is 2.48. The topological polar surface area (TPSA) is 57.7 Å². The normalized spacial score (nSPS) is 18.7.